The second-order valence-corrected chi connectivity index (χ2v) is 6.95. The van der Waals surface area contributed by atoms with Gasteiger partial charge in [-0.1, -0.05) is 30.8 Å². The maximum atomic E-state index is 12.8. The van der Waals surface area contributed by atoms with Gasteiger partial charge in [-0.25, -0.2) is 9.97 Å². The van der Waals surface area contributed by atoms with E-state index >= 15 is 0 Å². The Bertz CT molecular complexity index is 1100. The van der Waals surface area contributed by atoms with Crippen LogP contribution in [0.25, 0.3) is 22.3 Å². The molecule has 4 rings (SSSR count). The molecule has 8 heteroatoms. The van der Waals surface area contributed by atoms with Gasteiger partial charge in [0.05, 0.1) is 11.1 Å². The number of primary amides is 1. The monoisotopic (exact) mass is 398 g/mol. The Kier molecular flexibility index (Phi) is 4.49. The number of hydrogen-bond donors (Lipinski definition) is 1. The first-order chi connectivity index (χ1) is 13.7. The first kappa shape index (κ1) is 18.9. The van der Waals surface area contributed by atoms with E-state index in [1.54, 1.807) is 0 Å². The van der Waals surface area contributed by atoms with E-state index in [0.717, 1.165) is 17.5 Å². The minimum Gasteiger partial charge on any atom is -0.366 e. The van der Waals surface area contributed by atoms with Crippen molar-refractivity contribution in [1.82, 2.24) is 9.97 Å². The van der Waals surface area contributed by atoms with Crippen LogP contribution in [0.1, 0.15) is 5.56 Å². The molecule has 1 aliphatic heterocycles. The highest BCUT2D eigenvalue weighted by Gasteiger charge is 2.33. The lowest BCUT2D eigenvalue weighted by atomic mass is 9.91. The van der Waals surface area contributed by atoms with Crippen LogP contribution in [0.5, 0.6) is 0 Å². The minimum atomic E-state index is -4.40. The number of alkyl halides is 3. The fraction of sp³-hybridized carbons (Fsp3) is 0.190. The Morgan fingerprint density at radius 3 is 2.34 bits per heavy atom. The lowest BCUT2D eigenvalue weighted by Crippen LogP contribution is -2.49. The molecule has 1 amide bonds. The molecule has 1 saturated heterocycles. The maximum Gasteiger partial charge on any atom is 0.416 e. The molecule has 2 heterocycles. The molecule has 148 valence electrons. The van der Waals surface area contributed by atoms with Gasteiger partial charge in [0.2, 0.25) is 5.91 Å². The van der Waals surface area contributed by atoms with Crippen molar-refractivity contribution in [2.45, 2.75) is 6.18 Å². The van der Waals surface area contributed by atoms with Crippen LogP contribution in [-0.2, 0) is 11.0 Å². The van der Waals surface area contributed by atoms with Gasteiger partial charge in [-0.05, 0) is 24.3 Å². The maximum absolute atomic E-state index is 12.8. The summed E-state index contributed by atoms with van der Waals surface area (Å²) in [6.45, 7) is 4.81. The SMILES string of the molecule is C=C(C(N)=O)C1CN(c2nc(-c3ccc(C(F)(F)F)cc3)nc3ccccc23)C1. The standard InChI is InChI=1S/C21H17F3N4O/c1-12(18(25)29)14-10-28(11-14)20-16-4-2-3-5-17(16)26-19(27-20)13-6-8-15(9-7-13)21(22,23)24/h2-9,14H,1,10-11H2,(H2,25,29). The van der Waals surface area contributed by atoms with E-state index in [4.69, 9.17) is 5.73 Å². The van der Waals surface area contributed by atoms with E-state index in [1.165, 1.54) is 12.1 Å². The summed E-state index contributed by atoms with van der Waals surface area (Å²) in [7, 11) is 0. The lowest BCUT2D eigenvalue weighted by Gasteiger charge is -2.41. The summed E-state index contributed by atoms with van der Waals surface area (Å²) in [5, 5.41) is 0.825. The molecule has 2 aromatic carbocycles. The number of rotatable bonds is 4. The van der Waals surface area contributed by atoms with Gasteiger partial charge in [0.1, 0.15) is 5.82 Å². The lowest BCUT2D eigenvalue weighted by molar-refractivity contribution is -0.137. The number of benzene rings is 2. The van der Waals surface area contributed by atoms with Gasteiger partial charge in [0.15, 0.2) is 5.82 Å². The summed E-state index contributed by atoms with van der Waals surface area (Å²) >= 11 is 0. The number of para-hydroxylation sites is 1. The smallest absolute Gasteiger partial charge is 0.366 e. The highest BCUT2D eigenvalue weighted by Crippen LogP contribution is 2.34. The third-order valence-corrected chi connectivity index (χ3v) is 5.04. The summed E-state index contributed by atoms with van der Waals surface area (Å²) < 4.78 is 38.5. The molecule has 0 spiro atoms. The van der Waals surface area contributed by atoms with Gasteiger partial charge in [-0.15, -0.1) is 0 Å². The van der Waals surface area contributed by atoms with Gasteiger partial charge in [-0.3, -0.25) is 4.79 Å². The van der Waals surface area contributed by atoms with Gasteiger partial charge in [-0.2, -0.15) is 13.2 Å². The van der Waals surface area contributed by atoms with Crippen molar-refractivity contribution >= 4 is 22.6 Å². The topological polar surface area (TPSA) is 72.1 Å². The fourth-order valence-corrected chi connectivity index (χ4v) is 3.31. The molecule has 1 fully saturated rings. The highest BCUT2D eigenvalue weighted by molar-refractivity contribution is 5.94. The molecule has 0 atom stereocenters. The average molecular weight is 398 g/mol. The predicted octanol–water partition coefficient (Wildman–Crippen LogP) is 3.79. The third kappa shape index (κ3) is 3.53. The zero-order valence-corrected chi connectivity index (χ0v) is 15.3. The molecule has 3 aromatic rings. The molecule has 1 aliphatic rings. The van der Waals surface area contributed by atoms with Crippen molar-refractivity contribution < 1.29 is 18.0 Å². The van der Waals surface area contributed by atoms with E-state index in [9.17, 15) is 18.0 Å². The normalized spacial score (nSPS) is 14.7. The van der Waals surface area contributed by atoms with Crippen molar-refractivity contribution in [3.8, 4) is 11.4 Å². The number of anilines is 1. The van der Waals surface area contributed by atoms with Crippen molar-refractivity contribution in [3.05, 3.63) is 66.2 Å². The van der Waals surface area contributed by atoms with Crippen molar-refractivity contribution in [2.24, 2.45) is 11.7 Å². The number of carbonyl (C=O) groups is 1. The van der Waals surface area contributed by atoms with Crippen LogP contribution in [0, 0.1) is 5.92 Å². The van der Waals surface area contributed by atoms with Crippen molar-refractivity contribution in [2.75, 3.05) is 18.0 Å². The predicted molar refractivity (Wildman–Crippen MR) is 104 cm³/mol. The highest BCUT2D eigenvalue weighted by atomic mass is 19.4. The first-order valence-corrected chi connectivity index (χ1v) is 8.92. The minimum absolute atomic E-state index is 0.0456. The summed E-state index contributed by atoms with van der Waals surface area (Å²) in [6.07, 6.45) is -4.40. The molecule has 0 bridgehead atoms. The van der Waals surface area contributed by atoms with Crippen molar-refractivity contribution in [1.29, 1.82) is 0 Å². The van der Waals surface area contributed by atoms with Crippen LogP contribution in [0.15, 0.2) is 60.7 Å². The Hall–Kier alpha value is -3.42. The molecule has 0 unspecified atom stereocenters. The van der Waals surface area contributed by atoms with Gasteiger partial charge >= 0.3 is 6.18 Å². The van der Waals surface area contributed by atoms with Gasteiger partial charge in [0, 0.05) is 35.5 Å². The largest absolute Gasteiger partial charge is 0.416 e. The Morgan fingerprint density at radius 2 is 1.72 bits per heavy atom. The molecule has 2 N–H and O–H groups in total. The van der Waals surface area contributed by atoms with Crippen LogP contribution in [-0.4, -0.2) is 29.0 Å². The summed E-state index contributed by atoms with van der Waals surface area (Å²) in [5.41, 5.74) is 6.13. The molecule has 0 aliphatic carbocycles. The molecule has 1 aromatic heterocycles. The Morgan fingerprint density at radius 1 is 1.07 bits per heavy atom. The number of nitrogens with zero attached hydrogens (tertiary/aromatic N) is 3. The van der Waals surface area contributed by atoms with Crippen LogP contribution in [0.4, 0.5) is 19.0 Å². The zero-order valence-electron chi connectivity index (χ0n) is 15.3. The Balaban J connectivity index is 1.71. The number of aromatic nitrogens is 2. The van der Waals surface area contributed by atoms with Crippen LogP contribution in [0.3, 0.4) is 0 Å². The second-order valence-electron chi connectivity index (χ2n) is 6.95. The third-order valence-electron chi connectivity index (χ3n) is 5.04. The second kappa shape index (κ2) is 6.88. The van der Waals surface area contributed by atoms with Crippen LogP contribution >= 0.6 is 0 Å². The zero-order chi connectivity index (χ0) is 20.8. The van der Waals surface area contributed by atoms with Crippen LogP contribution < -0.4 is 10.6 Å². The number of amides is 1. The number of fused-ring (bicyclic) bond motifs is 1. The summed E-state index contributed by atoms with van der Waals surface area (Å²) in [5.74, 6) is 0.437. The number of carbonyl (C=O) groups excluding carboxylic acids is 1. The van der Waals surface area contributed by atoms with Crippen LogP contribution in [0.2, 0.25) is 0 Å². The van der Waals surface area contributed by atoms with Gasteiger partial charge < -0.3 is 10.6 Å². The van der Waals surface area contributed by atoms with E-state index in [-0.39, 0.29) is 5.92 Å². The molecular formula is C21H17F3N4O. The summed E-state index contributed by atoms with van der Waals surface area (Å²) in [4.78, 5) is 22.4. The number of nitrogens with two attached hydrogens (primary N) is 1. The van der Waals surface area contributed by atoms with Crippen molar-refractivity contribution in [3.63, 3.8) is 0 Å². The quantitative estimate of drug-likeness (QED) is 0.679. The molecule has 0 radical (unpaired) electrons. The first-order valence-electron chi connectivity index (χ1n) is 8.92. The van der Waals surface area contributed by atoms with E-state index in [2.05, 4.69) is 16.5 Å². The Labute approximate surface area is 164 Å². The van der Waals surface area contributed by atoms with E-state index in [0.29, 0.717) is 41.4 Å². The summed E-state index contributed by atoms with van der Waals surface area (Å²) in [6, 6.07) is 12.2. The molecule has 0 saturated carbocycles. The number of hydrogen-bond acceptors (Lipinski definition) is 4. The number of halogens is 3. The van der Waals surface area contributed by atoms with E-state index in [1.807, 2.05) is 29.2 Å². The average Bonchev–Trinajstić information content (AvgIpc) is 2.66. The molecule has 29 heavy (non-hydrogen) atoms. The molecule has 5 nitrogen and oxygen atoms in total. The molecular weight excluding hydrogens is 381 g/mol. The van der Waals surface area contributed by atoms with Gasteiger partial charge in [0.25, 0.3) is 0 Å². The fourth-order valence-electron chi connectivity index (χ4n) is 3.31. The van der Waals surface area contributed by atoms with E-state index < -0.39 is 17.6 Å².